The molecule has 3 aromatic rings. The summed E-state index contributed by atoms with van der Waals surface area (Å²) in [5.74, 6) is 1.56. The molecule has 2 heterocycles. The van der Waals surface area contributed by atoms with Gasteiger partial charge in [-0.25, -0.2) is 14.8 Å². The number of hydrogen-bond acceptors (Lipinski definition) is 7. The van der Waals surface area contributed by atoms with Gasteiger partial charge in [0.15, 0.2) is 6.61 Å². The SMILES string of the molecule is COc1ccccc1Nc1ncccc1C(=O)OCc1nc(C)c(C)o1. The molecule has 26 heavy (non-hydrogen) atoms. The number of anilines is 2. The van der Waals surface area contributed by atoms with Gasteiger partial charge in [-0.3, -0.25) is 0 Å². The van der Waals surface area contributed by atoms with Crippen molar-refractivity contribution in [1.29, 1.82) is 0 Å². The first kappa shape index (κ1) is 17.5. The van der Waals surface area contributed by atoms with Crippen LogP contribution in [-0.2, 0) is 11.3 Å². The first-order valence-corrected chi connectivity index (χ1v) is 8.03. The van der Waals surface area contributed by atoms with Gasteiger partial charge in [-0.05, 0) is 38.1 Å². The minimum atomic E-state index is -0.524. The quantitative estimate of drug-likeness (QED) is 0.675. The molecule has 134 valence electrons. The lowest BCUT2D eigenvalue weighted by Crippen LogP contribution is -2.10. The normalized spacial score (nSPS) is 10.4. The van der Waals surface area contributed by atoms with Gasteiger partial charge in [-0.15, -0.1) is 0 Å². The van der Waals surface area contributed by atoms with Crippen LogP contribution in [0.2, 0.25) is 0 Å². The van der Waals surface area contributed by atoms with E-state index in [1.165, 1.54) is 0 Å². The molecule has 1 N–H and O–H groups in total. The molecule has 0 radical (unpaired) electrons. The third-order valence-electron chi connectivity index (χ3n) is 3.79. The van der Waals surface area contributed by atoms with Crippen LogP contribution in [0.15, 0.2) is 47.0 Å². The van der Waals surface area contributed by atoms with Crippen LogP contribution >= 0.6 is 0 Å². The van der Waals surface area contributed by atoms with E-state index in [9.17, 15) is 4.79 Å². The van der Waals surface area contributed by atoms with Crippen LogP contribution in [0, 0.1) is 13.8 Å². The number of carbonyl (C=O) groups excluding carboxylic acids is 1. The number of oxazole rings is 1. The van der Waals surface area contributed by atoms with Gasteiger partial charge >= 0.3 is 5.97 Å². The molecule has 0 saturated heterocycles. The van der Waals surface area contributed by atoms with Crippen molar-refractivity contribution in [2.45, 2.75) is 20.5 Å². The second-order valence-corrected chi connectivity index (χ2v) is 5.55. The number of methoxy groups -OCH3 is 1. The number of pyridine rings is 1. The number of ether oxygens (including phenoxy) is 2. The van der Waals surface area contributed by atoms with Gasteiger partial charge in [0.05, 0.1) is 18.5 Å². The predicted octanol–water partition coefficient (Wildman–Crippen LogP) is 3.80. The third-order valence-corrected chi connectivity index (χ3v) is 3.79. The van der Waals surface area contributed by atoms with Gasteiger partial charge in [0.25, 0.3) is 0 Å². The number of aromatic nitrogens is 2. The Hall–Kier alpha value is -3.35. The Balaban J connectivity index is 1.76. The molecule has 2 aromatic heterocycles. The maximum Gasteiger partial charge on any atom is 0.342 e. The van der Waals surface area contributed by atoms with E-state index in [4.69, 9.17) is 13.9 Å². The van der Waals surface area contributed by atoms with Crippen LogP contribution in [-0.4, -0.2) is 23.0 Å². The first-order chi connectivity index (χ1) is 12.6. The smallest absolute Gasteiger partial charge is 0.342 e. The third kappa shape index (κ3) is 3.83. The molecule has 0 amide bonds. The summed E-state index contributed by atoms with van der Waals surface area (Å²) < 4.78 is 16.0. The Morgan fingerprint density at radius 2 is 2.00 bits per heavy atom. The molecule has 0 unspecified atom stereocenters. The highest BCUT2D eigenvalue weighted by Crippen LogP contribution is 2.27. The molecular weight excluding hydrogens is 334 g/mol. The number of rotatable bonds is 6. The fourth-order valence-electron chi connectivity index (χ4n) is 2.35. The van der Waals surface area contributed by atoms with E-state index in [0.29, 0.717) is 34.5 Å². The van der Waals surface area contributed by atoms with Crippen molar-refractivity contribution in [3.63, 3.8) is 0 Å². The number of nitrogens with one attached hydrogen (secondary N) is 1. The number of carbonyl (C=O) groups is 1. The van der Waals surface area contributed by atoms with Gasteiger partial charge in [0, 0.05) is 6.20 Å². The lowest BCUT2D eigenvalue weighted by atomic mass is 10.2. The van der Waals surface area contributed by atoms with Crippen molar-refractivity contribution in [2.75, 3.05) is 12.4 Å². The Morgan fingerprint density at radius 3 is 2.73 bits per heavy atom. The van der Waals surface area contributed by atoms with E-state index in [-0.39, 0.29) is 6.61 Å². The van der Waals surface area contributed by atoms with Gasteiger partial charge in [0.1, 0.15) is 22.9 Å². The first-order valence-electron chi connectivity index (χ1n) is 8.03. The summed E-state index contributed by atoms with van der Waals surface area (Å²) in [6.45, 7) is 3.60. The molecule has 3 rings (SSSR count). The summed E-state index contributed by atoms with van der Waals surface area (Å²) in [4.78, 5) is 20.9. The average Bonchev–Trinajstić information content (AvgIpc) is 2.98. The topological polar surface area (TPSA) is 86.5 Å². The minimum absolute atomic E-state index is 0.0451. The van der Waals surface area contributed by atoms with Gasteiger partial charge < -0.3 is 19.2 Å². The van der Waals surface area contributed by atoms with Crippen molar-refractivity contribution in [3.8, 4) is 5.75 Å². The maximum absolute atomic E-state index is 12.5. The Labute approximate surface area is 151 Å². The molecule has 0 aliphatic heterocycles. The van der Waals surface area contributed by atoms with Crippen molar-refractivity contribution < 1.29 is 18.7 Å². The number of para-hydroxylation sites is 2. The zero-order valence-corrected chi connectivity index (χ0v) is 14.8. The van der Waals surface area contributed by atoms with Crippen LogP contribution in [0.3, 0.4) is 0 Å². The van der Waals surface area contributed by atoms with E-state index in [1.807, 2.05) is 38.1 Å². The summed E-state index contributed by atoms with van der Waals surface area (Å²) in [5.41, 5.74) is 1.77. The number of hydrogen-bond donors (Lipinski definition) is 1. The molecule has 0 spiro atoms. The fourth-order valence-corrected chi connectivity index (χ4v) is 2.35. The molecule has 0 saturated carbocycles. The standard InChI is InChI=1S/C19H19N3O4/c1-12-13(2)26-17(21-12)11-25-19(23)14-7-6-10-20-18(14)22-15-8-4-5-9-16(15)24-3/h4-10H,11H2,1-3H3,(H,20,22). The van der Waals surface area contributed by atoms with E-state index < -0.39 is 5.97 Å². The van der Waals surface area contributed by atoms with Crippen molar-refractivity contribution >= 4 is 17.5 Å². The molecule has 0 aliphatic rings. The lowest BCUT2D eigenvalue weighted by molar-refractivity contribution is 0.0437. The van der Waals surface area contributed by atoms with Crippen LogP contribution in [0.1, 0.15) is 27.7 Å². The van der Waals surface area contributed by atoms with Crippen molar-refractivity contribution in [3.05, 3.63) is 65.5 Å². The highest BCUT2D eigenvalue weighted by atomic mass is 16.5. The van der Waals surface area contributed by atoms with Gasteiger partial charge in [-0.2, -0.15) is 0 Å². The van der Waals surface area contributed by atoms with Gasteiger partial charge in [-0.1, -0.05) is 12.1 Å². The van der Waals surface area contributed by atoms with Crippen LogP contribution in [0.4, 0.5) is 11.5 Å². The van der Waals surface area contributed by atoms with Crippen LogP contribution in [0.5, 0.6) is 5.75 Å². The summed E-state index contributed by atoms with van der Waals surface area (Å²) in [5, 5.41) is 3.11. The molecule has 7 nitrogen and oxygen atoms in total. The Morgan fingerprint density at radius 1 is 1.19 bits per heavy atom. The zero-order chi connectivity index (χ0) is 18.5. The van der Waals surface area contributed by atoms with Crippen LogP contribution < -0.4 is 10.1 Å². The number of benzene rings is 1. The second kappa shape index (κ2) is 7.69. The molecule has 0 bridgehead atoms. The zero-order valence-electron chi connectivity index (χ0n) is 14.8. The molecule has 0 atom stereocenters. The van der Waals surface area contributed by atoms with E-state index in [2.05, 4.69) is 15.3 Å². The summed E-state index contributed by atoms with van der Waals surface area (Å²) in [7, 11) is 1.58. The summed E-state index contributed by atoms with van der Waals surface area (Å²) in [6, 6.07) is 10.7. The number of esters is 1. The molecule has 1 aromatic carbocycles. The summed E-state index contributed by atoms with van der Waals surface area (Å²) in [6.07, 6.45) is 1.59. The number of aryl methyl sites for hydroxylation is 2. The minimum Gasteiger partial charge on any atom is -0.495 e. The van der Waals surface area contributed by atoms with Crippen molar-refractivity contribution in [1.82, 2.24) is 9.97 Å². The molecule has 7 heteroatoms. The fraction of sp³-hybridized carbons (Fsp3) is 0.211. The highest BCUT2D eigenvalue weighted by Gasteiger charge is 2.16. The van der Waals surface area contributed by atoms with Gasteiger partial charge in [0.2, 0.25) is 5.89 Å². The molecule has 0 aliphatic carbocycles. The van der Waals surface area contributed by atoms with Crippen molar-refractivity contribution in [2.24, 2.45) is 0 Å². The van der Waals surface area contributed by atoms with Crippen LogP contribution in [0.25, 0.3) is 0 Å². The van der Waals surface area contributed by atoms with E-state index >= 15 is 0 Å². The number of nitrogens with zero attached hydrogens (tertiary/aromatic N) is 2. The largest absolute Gasteiger partial charge is 0.495 e. The lowest BCUT2D eigenvalue weighted by Gasteiger charge is -2.12. The van der Waals surface area contributed by atoms with E-state index in [1.54, 1.807) is 25.4 Å². The Bertz CT molecular complexity index is 901. The monoisotopic (exact) mass is 353 g/mol. The predicted molar refractivity (Wildman–Crippen MR) is 95.6 cm³/mol. The Kier molecular flexibility index (Phi) is 5.17. The highest BCUT2D eigenvalue weighted by molar-refractivity contribution is 5.95. The average molecular weight is 353 g/mol. The maximum atomic E-state index is 12.5. The van der Waals surface area contributed by atoms with E-state index in [0.717, 1.165) is 5.69 Å². The summed E-state index contributed by atoms with van der Waals surface area (Å²) >= 11 is 0. The molecular formula is C19H19N3O4. The molecule has 0 fully saturated rings. The second-order valence-electron chi connectivity index (χ2n) is 5.55.